The standard InChI is InChI=1S/C14H15ClN2O2/c1-11-9-16-17(13(11)14(15)18)7-8-19-10-12-5-3-2-4-6-12/h2-6,9H,7-8,10H2,1H3. The van der Waals surface area contributed by atoms with Crippen LogP contribution in [0.3, 0.4) is 0 Å². The summed E-state index contributed by atoms with van der Waals surface area (Å²) >= 11 is 5.52. The molecule has 1 aromatic heterocycles. The predicted molar refractivity (Wildman–Crippen MR) is 73.2 cm³/mol. The summed E-state index contributed by atoms with van der Waals surface area (Å²) in [6, 6.07) is 9.92. The van der Waals surface area contributed by atoms with Crippen molar-refractivity contribution in [2.24, 2.45) is 0 Å². The third-order valence-corrected chi connectivity index (χ3v) is 2.95. The van der Waals surface area contributed by atoms with Gasteiger partial charge in [0.25, 0.3) is 5.24 Å². The van der Waals surface area contributed by atoms with Crippen molar-refractivity contribution >= 4 is 16.8 Å². The lowest BCUT2D eigenvalue weighted by Gasteiger charge is -2.06. The maximum absolute atomic E-state index is 11.3. The molecule has 0 aliphatic heterocycles. The Morgan fingerprint density at radius 1 is 1.37 bits per heavy atom. The molecule has 2 aromatic rings. The molecule has 0 amide bonds. The van der Waals surface area contributed by atoms with E-state index in [0.29, 0.717) is 25.5 Å². The Morgan fingerprint density at radius 3 is 2.79 bits per heavy atom. The van der Waals surface area contributed by atoms with Gasteiger partial charge in [0.05, 0.1) is 26.0 Å². The molecule has 19 heavy (non-hydrogen) atoms. The molecular weight excluding hydrogens is 264 g/mol. The zero-order valence-electron chi connectivity index (χ0n) is 10.7. The highest BCUT2D eigenvalue weighted by molar-refractivity contribution is 6.67. The summed E-state index contributed by atoms with van der Waals surface area (Å²) in [5.41, 5.74) is 2.33. The van der Waals surface area contributed by atoms with Crippen molar-refractivity contribution in [2.75, 3.05) is 6.61 Å². The number of nitrogens with zero attached hydrogens (tertiary/aromatic N) is 2. The van der Waals surface area contributed by atoms with E-state index < -0.39 is 5.24 Å². The van der Waals surface area contributed by atoms with Crippen LogP contribution in [0.5, 0.6) is 0 Å². The summed E-state index contributed by atoms with van der Waals surface area (Å²) in [5, 5.41) is 3.63. The third kappa shape index (κ3) is 3.66. The molecule has 0 saturated carbocycles. The fourth-order valence-corrected chi connectivity index (χ4v) is 2.07. The van der Waals surface area contributed by atoms with Crippen LogP contribution >= 0.6 is 11.6 Å². The maximum Gasteiger partial charge on any atom is 0.270 e. The number of rotatable bonds is 6. The largest absolute Gasteiger partial charge is 0.375 e. The van der Waals surface area contributed by atoms with Crippen LogP contribution in [0.25, 0.3) is 0 Å². The number of halogens is 1. The molecule has 0 fully saturated rings. The van der Waals surface area contributed by atoms with Gasteiger partial charge in [0, 0.05) is 0 Å². The number of benzene rings is 1. The molecule has 5 heteroatoms. The van der Waals surface area contributed by atoms with E-state index in [2.05, 4.69) is 5.10 Å². The minimum atomic E-state index is -0.488. The van der Waals surface area contributed by atoms with Crippen LogP contribution in [-0.2, 0) is 17.9 Å². The van der Waals surface area contributed by atoms with Gasteiger partial charge in [0.1, 0.15) is 5.69 Å². The van der Waals surface area contributed by atoms with Crippen LogP contribution < -0.4 is 0 Å². The van der Waals surface area contributed by atoms with Gasteiger partial charge in [-0.05, 0) is 29.7 Å². The highest BCUT2D eigenvalue weighted by atomic mass is 35.5. The second-order valence-corrected chi connectivity index (χ2v) is 4.55. The van der Waals surface area contributed by atoms with E-state index in [1.807, 2.05) is 37.3 Å². The Morgan fingerprint density at radius 2 is 2.11 bits per heavy atom. The molecule has 1 aromatic carbocycles. The van der Waals surface area contributed by atoms with E-state index in [4.69, 9.17) is 16.3 Å². The number of carbonyl (C=O) groups excluding carboxylic acids is 1. The minimum absolute atomic E-state index is 0.435. The van der Waals surface area contributed by atoms with Gasteiger partial charge < -0.3 is 4.74 Å². The van der Waals surface area contributed by atoms with Crippen LogP contribution in [0.15, 0.2) is 36.5 Å². The van der Waals surface area contributed by atoms with Gasteiger partial charge in [0.15, 0.2) is 0 Å². The molecule has 0 aliphatic carbocycles. The van der Waals surface area contributed by atoms with Crippen LogP contribution in [0, 0.1) is 6.92 Å². The number of aromatic nitrogens is 2. The van der Waals surface area contributed by atoms with Crippen molar-refractivity contribution in [3.8, 4) is 0 Å². The summed E-state index contributed by atoms with van der Waals surface area (Å²) in [5.74, 6) is 0. The monoisotopic (exact) mass is 278 g/mol. The molecule has 0 unspecified atom stereocenters. The van der Waals surface area contributed by atoms with Gasteiger partial charge in [0.2, 0.25) is 0 Å². The molecule has 0 radical (unpaired) electrons. The fraction of sp³-hybridized carbons (Fsp3) is 0.286. The molecule has 0 N–H and O–H groups in total. The number of ether oxygens (including phenoxy) is 1. The van der Waals surface area contributed by atoms with E-state index >= 15 is 0 Å². The first-order chi connectivity index (χ1) is 9.18. The average molecular weight is 279 g/mol. The molecule has 1 heterocycles. The van der Waals surface area contributed by atoms with E-state index in [1.165, 1.54) is 0 Å². The van der Waals surface area contributed by atoms with Crippen molar-refractivity contribution in [2.45, 2.75) is 20.1 Å². The molecule has 0 bridgehead atoms. The SMILES string of the molecule is Cc1cnn(CCOCc2ccccc2)c1C(=O)Cl. The molecule has 2 rings (SSSR count). The second-order valence-electron chi connectivity index (χ2n) is 4.21. The fourth-order valence-electron chi connectivity index (χ4n) is 1.82. The number of hydrogen-bond acceptors (Lipinski definition) is 3. The van der Waals surface area contributed by atoms with E-state index in [1.54, 1.807) is 10.9 Å². The van der Waals surface area contributed by atoms with Crippen molar-refractivity contribution in [3.63, 3.8) is 0 Å². The molecular formula is C14H15ClN2O2. The zero-order chi connectivity index (χ0) is 13.7. The third-order valence-electron chi connectivity index (χ3n) is 2.77. The Balaban J connectivity index is 1.85. The summed E-state index contributed by atoms with van der Waals surface area (Å²) in [6.07, 6.45) is 1.63. The van der Waals surface area contributed by atoms with E-state index in [9.17, 15) is 4.79 Å². The summed E-state index contributed by atoms with van der Waals surface area (Å²) < 4.78 is 7.13. The van der Waals surface area contributed by atoms with Crippen molar-refractivity contribution < 1.29 is 9.53 Å². The number of hydrogen-bond donors (Lipinski definition) is 0. The number of carbonyl (C=O) groups is 1. The molecule has 0 aliphatic rings. The van der Waals surface area contributed by atoms with Crippen LogP contribution in [0.4, 0.5) is 0 Å². The highest BCUT2D eigenvalue weighted by Crippen LogP contribution is 2.10. The first-order valence-corrected chi connectivity index (χ1v) is 6.40. The van der Waals surface area contributed by atoms with E-state index in [-0.39, 0.29) is 0 Å². The van der Waals surface area contributed by atoms with Crippen molar-refractivity contribution in [3.05, 3.63) is 53.3 Å². The lowest BCUT2D eigenvalue weighted by Crippen LogP contribution is -2.12. The summed E-state index contributed by atoms with van der Waals surface area (Å²) in [7, 11) is 0. The van der Waals surface area contributed by atoms with Crippen LogP contribution in [0.1, 0.15) is 21.6 Å². The molecule has 0 spiro atoms. The Hall–Kier alpha value is -1.65. The lowest BCUT2D eigenvalue weighted by atomic mass is 10.2. The zero-order valence-corrected chi connectivity index (χ0v) is 11.4. The Labute approximate surface area is 116 Å². The minimum Gasteiger partial charge on any atom is -0.375 e. The first-order valence-electron chi connectivity index (χ1n) is 6.02. The predicted octanol–water partition coefficient (Wildman–Crippen LogP) is 2.79. The quantitative estimate of drug-likeness (QED) is 0.603. The lowest BCUT2D eigenvalue weighted by molar-refractivity contribution is 0.103. The topological polar surface area (TPSA) is 44.1 Å². The van der Waals surface area contributed by atoms with Crippen LogP contribution in [-0.4, -0.2) is 21.6 Å². The van der Waals surface area contributed by atoms with Gasteiger partial charge in [-0.15, -0.1) is 0 Å². The second kappa shape index (κ2) is 6.50. The molecule has 100 valence electrons. The van der Waals surface area contributed by atoms with Gasteiger partial charge in [-0.3, -0.25) is 9.48 Å². The van der Waals surface area contributed by atoms with E-state index in [0.717, 1.165) is 11.1 Å². The van der Waals surface area contributed by atoms with Gasteiger partial charge in [-0.25, -0.2) is 0 Å². The molecule has 4 nitrogen and oxygen atoms in total. The van der Waals surface area contributed by atoms with Gasteiger partial charge >= 0.3 is 0 Å². The van der Waals surface area contributed by atoms with Crippen LogP contribution in [0.2, 0.25) is 0 Å². The average Bonchev–Trinajstić information content (AvgIpc) is 2.77. The van der Waals surface area contributed by atoms with Crippen molar-refractivity contribution in [1.82, 2.24) is 9.78 Å². The Kier molecular flexibility index (Phi) is 4.71. The summed E-state index contributed by atoms with van der Waals surface area (Å²) in [6.45, 7) is 3.34. The Bertz CT molecular complexity index is 552. The van der Waals surface area contributed by atoms with Gasteiger partial charge in [-0.1, -0.05) is 30.3 Å². The number of aryl methyl sites for hydroxylation is 1. The summed E-state index contributed by atoms with van der Waals surface area (Å²) in [4.78, 5) is 11.3. The molecule has 0 atom stereocenters. The first kappa shape index (κ1) is 13.8. The molecule has 0 saturated heterocycles. The maximum atomic E-state index is 11.3. The highest BCUT2D eigenvalue weighted by Gasteiger charge is 2.13. The smallest absolute Gasteiger partial charge is 0.270 e. The normalized spacial score (nSPS) is 10.6. The van der Waals surface area contributed by atoms with Gasteiger partial charge in [-0.2, -0.15) is 5.10 Å². The van der Waals surface area contributed by atoms with Crippen molar-refractivity contribution in [1.29, 1.82) is 0 Å².